The van der Waals surface area contributed by atoms with Crippen LogP contribution < -0.4 is 11.1 Å². The van der Waals surface area contributed by atoms with Gasteiger partial charge in [0.05, 0.1) is 6.17 Å². The quantitative estimate of drug-likeness (QED) is 0.480. The van der Waals surface area contributed by atoms with Crippen LogP contribution in [0.5, 0.6) is 0 Å². The predicted octanol–water partition coefficient (Wildman–Crippen LogP) is -0.894. The van der Waals surface area contributed by atoms with Gasteiger partial charge in [-0.1, -0.05) is 0 Å². The molecule has 1 aliphatic heterocycles. The molecule has 0 aliphatic carbocycles. The van der Waals surface area contributed by atoms with Crippen LogP contribution >= 0.6 is 0 Å². The Morgan fingerprint density at radius 3 is 2.23 bits per heavy atom. The van der Waals surface area contributed by atoms with Crippen molar-refractivity contribution in [2.45, 2.75) is 25.4 Å². The summed E-state index contributed by atoms with van der Waals surface area (Å²) in [7, 11) is 0. The van der Waals surface area contributed by atoms with Gasteiger partial charge in [0.25, 0.3) is 0 Å². The molecule has 0 aromatic rings. The molecule has 1 fully saturated rings. The first-order valence-electron chi connectivity index (χ1n) is 3.98. The molecule has 6 heteroatoms. The smallest absolute Gasteiger partial charge is 0.329 e. The molecule has 0 aromatic carbocycles. The van der Waals surface area contributed by atoms with Crippen LogP contribution in [0, 0.1) is 0 Å². The van der Waals surface area contributed by atoms with E-state index in [9.17, 15) is 0 Å². The average Bonchev–Trinajstić information content (AvgIpc) is 2.07. The zero-order valence-corrected chi connectivity index (χ0v) is 9.58. The van der Waals surface area contributed by atoms with Crippen molar-refractivity contribution in [1.82, 2.24) is 5.32 Å². The number of nitrogens with one attached hydrogen (secondary N) is 1. The number of aliphatic carboxylic acids is 1. The second-order valence-corrected chi connectivity index (χ2v) is 2.61. The number of hydrogen-bond donors (Lipinski definition) is 4. The molecular formula is C7H16N2O3Pt. The Balaban J connectivity index is 0. The number of carbonyl (C=O) groups is 1. The zero-order chi connectivity index (χ0) is 9.40. The fourth-order valence-corrected chi connectivity index (χ4v) is 0.879. The molecule has 13 heavy (non-hydrogen) atoms. The number of nitrogens with two attached hydrogens (primary N) is 1. The largest absolute Gasteiger partial charge is 0.480 e. The third kappa shape index (κ3) is 12.0. The summed E-state index contributed by atoms with van der Waals surface area (Å²) < 4.78 is 0. The Hall–Kier alpha value is 0.0383. The summed E-state index contributed by atoms with van der Waals surface area (Å²) >= 11 is 0. The number of carboxylic acid groups (broad SMARTS) is 1. The van der Waals surface area contributed by atoms with Crippen LogP contribution in [-0.2, 0) is 25.9 Å². The molecule has 1 heterocycles. The van der Waals surface area contributed by atoms with E-state index in [0.717, 1.165) is 13.0 Å². The first kappa shape index (κ1) is 15.5. The van der Waals surface area contributed by atoms with Crippen molar-refractivity contribution >= 4 is 5.97 Å². The van der Waals surface area contributed by atoms with Crippen LogP contribution in [0.4, 0.5) is 0 Å². The third-order valence-corrected chi connectivity index (χ3v) is 1.48. The third-order valence-electron chi connectivity index (χ3n) is 1.48. The standard InChI is InChI=1S/C5H12N2.C2H4O3.Pt/c6-5-3-1-2-4-7-5;3-1-2(4)5;/h5,7H,1-4,6H2;3H,1H2,(H,4,5);. The molecule has 0 radical (unpaired) electrons. The van der Waals surface area contributed by atoms with Crippen LogP contribution in [0.25, 0.3) is 0 Å². The first-order valence-corrected chi connectivity index (χ1v) is 3.98. The Labute approximate surface area is 92.0 Å². The maximum Gasteiger partial charge on any atom is 0.329 e. The van der Waals surface area contributed by atoms with Crippen molar-refractivity contribution in [3.63, 3.8) is 0 Å². The van der Waals surface area contributed by atoms with Crippen LogP contribution in [0.3, 0.4) is 0 Å². The number of hydrogen-bond acceptors (Lipinski definition) is 4. The average molecular weight is 371 g/mol. The van der Waals surface area contributed by atoms with Crippen LogP contribution in [0.2, 0.25) is 0 Å². The summed E-state index contributed by atoms with van der Waals surface area (Å²) in [6.07, 6.45) is 4.04. The number of aliphatic hydroxyl groups is 1. The summed E-state index contributed by atoms with van der Waals surface area (Å²) in [4.78, 5) is 9.12. The van der Waals surface area contributed by atoms with Crippen LogP contribution in [0.15, 0.2) is 0 Å². The van der Waals surface area contributed by atoms with Gasteiger partial charge in [-0.25, -0.2) is 4.79 Å². The summed E-state index contributed by atoms with van der Waals surface area (Å²) in [5.41, 5.74) is 5.52. The molecule has 5 N–H and O–H groups in total. The Morgan fingerprint density at radius 2 is 2.08 bits per heavy atom. The molecule has 0 spiro atoms. The predicted molar refractivity (Wildman–Crippen MR) is 44.6 cm³/mol. The fraction of sp³-hybridized carbons (Fsp3) is 0.857. The molecule has 1 rings (SSSR count). The van der Waals surface area contributed by atoms with E-state index in [1.807, 2.05) is 0 Å². The molecule has 0 saturated carbocycles. The maximum absolute atomic E-state index is 9.12. The maximum atomic E-state index is 9.12. The molecule has 1 unspecified atom stereocenters. The monoisotopic (exact) mass is 371 g/mol. The van der Waals surface area contributed by atoms with E-state index in [1.54, 1.807) is 0 Å². The van der Waals surface area contributed by atoms with Crippen molar-refractivity contribution in [3.05, 3.63) is 0 Å². The van der Waals surface area contributed by atoms with Gasteiger partial charge in [0.1, 0.15) is 6.61 Å². The Kier molecular flexibility index (Phi) is 12.1. The number of rotatable bonds is 1. The minimum atomic E-state index is -1.19. The van der Waals surface area contributed by atoms with Gasteiger partial charge < -0.3 is 21.3 Å². The van der Waals surface area contributed by atoms with Crippen molar-refractivity contribution in [1.29, 1.82) is 0 Å². The first-order chi connectivity index (χ1) is 5.66. The summed E-state index contributed by atoms with van der Waals surface area (Å²) in [5, 5.41) is 18.2. The van der Waals surface area contributed by atoms with Crippen molar-refractivity contribution in [2.24, 2.45) is 5.73 Å². The van der Waals surface area contributed by atoms with Gasteiger partial charge in [-0.3, -0.25) is 0 Å². The zero-order valence-electron chi connectivity index (χ0n) is 7.31. The van der Waals surface area contributed by atoms with E-state index in [1.165, 1.54) is 12.8 Å². The van der Waals surface area contributed by atoms with Crippen LogP contribution in [-0.4, -0.2) is 35.5 Å². The van der Waals surface area contributed by atoms with Gasteiger partial charge in [0, 0.05) is 21.1 Å². The molecular weight excluding hydrogens is 355 g/mol. The topological polar surface area (TPSA) is 95.6 Å². The van der Waals surface area contributed by atoms with Gasteiger partial charge >= 0.3 is 5.97 Å². The molecule has 5 nitrogen and oxygen atoms in total. The van der Waals surface area contributed by atoms with E-state index >= 15 is 0 Å². The van der Waals surface area contributed by atoms with Gasteiger partial charge in [0.15, 0.2) is 0 Å². The van der Waals surface area contributed by atoms with Crippen molar-refractivity contribution in [3.8, 4) is 0 Å². The summed E-state index contributed by atoms with van der Waals surface area (Å²) in [6, 6.07) is 0. The van der Waals surface area contributed by atoms with E-state index in [0.29, 0.717) is 0 Å². The summed E-state index contributed by atoms with van der Waals surface area (Å²) in [6.45, 7) is 0.334. The molecule has 1 saturated heterocycles. The molecule has 0 aromatic heterocycles. The fourth-order valence-electron chi connectivity index (χ4n) is 0.879. The number of carboxylic acids is 1. The molecule has 1 aliphatic rings. The Bertz CT molecular complexity index is 129. The van der Waals surface area contributed by atoms with E-state index < -0.39 is 12.6 Å². The number of piperidine rings is 1. The molecule has 0 amide bonds. The Morgan fingerprint density at radius 1 is 1.54 bits per heavy atom. The molecule has 0 bridgehead atoms. The normalized spacial score (nSPS) is 20.6. The van der Waals surface area contributed by atoms with E-state index in [2.05, 4.69) is 5.32 Å². The van der Waals surface area contributed by atoms with E-state index in [-0.39, 0.29) is 27.2 Å². The molecule has 82 valence electrons. The summed E-state index contributed by atoms with van der Waals surface area (Å²) in [5.74, 6) is -1.19. The van der Waals surface area contributed by atoms with Crippen molar-refractivity contribution in [2.75, 3.05) is 13.2 Å². The minimum Gasteiger partial charge on any atom is -0.480 e. The SMILES string of the molecule is NC1CCCCN1.O=C(O)CO.[Pt]. The second kappa shape index (κ2) is 10.1. The van der Waals surface area contributed by atoms with Crippen LogP contribution in [0.1, 0.15) is 19.3 Å². The minimum absolute atomic E-state index is 0. The van der Waals surface area contributed by atoms with Gasteiger partial charge in [-0.15, -0.1) is 0 Å². The van der Waals surface area contributed by atoms with Gasteiger partial charge in [0.2, 0.25) is 0 Å². The van der Waals surface area contributed by atoms with Gasteiger partial charge in [-0.05, 0) is 25.8 Å². The van der Waals surface area contributed by atoms with Crippen molar-refractivity contribution < 1.29 is 36.1 Å². The second-order valence-electron chi connectivity index (χ2n) is 2.61. The van der Waals surface area contributed by atoms with Gasteiger partial charge in [-0.2, -0.15) is 0 Å². The molecule has 1 atom stereocenters. The van der Waals surface area contributed by atoms with E-state index in [4.69, 9.17) is 20.7 Å². The number of aliphatic hydroxyl groups excluding tert-OH is 1.